The highest BCUT2D eigenvalue weighted by molar-refractivity contribution is 6.48. The first-order valence-corrected chi connectivity index (χ1v) is 8.41. The summed E-state index contributed by atoms with van der Waals surface area (Å²) in [5.41, 5.74) is 0.826. The smallest absolute Gasteiger partial charge is 0.466 e. The van der Waals surface area contributed by atoms with Crippen molar-refractivity contribution >= 4 is 13.1 Å². The summed E-state index contributed by atoms with van der Waals surface area (Å²) in [7, 11) is -0.528. The Bertz CT molecular complexity index is 551. The lowest BCUT2D eigenvalue weighted by atomic mass is 9.66. The van der Waals surface area contributed by atoms with Crippen LogP contribution in [0.1, 0.15) is 58.0 Å². The summed E-state index contributed by atoms with van der Waals surface area (Å²) >= 11 is 0. The molecule has 2 rings (SSSR count). The van der Waals surface area contributed by atoms with E-state index in [9.17, 15) is 9.90 Å². The van der Waals surface area contributed by atoms with Gasteiger partial charge >= 0.3 is 13.1 Å². The normalized spacial score (nSPS) is 20.0. The molecule has 1 heterocycles. The zero-order chi connectivity index (χ0) is 18.0. The standard InChI is InChI=1S/C18H27BO5/c1-6-22-16(21)11-15(14-9-7-13(12-20)8-10-14)19-23-17(2,3)18(4,5)24-19/h7-10,15,20H,6,11-12H2,1-5H3. The molecule has 24 heavy (non-hydrogen) atoms. The number of esters is 1. The van der Waals surface area contributed by atoms with Gasteiger partial charge in [-0.1, -0.05) is 24.3 Å². The SMILES string of the molecule is CCOC(=O)CC(B1OC(C)(C)C(C)(C)O1)c1ccc(CO)cc1. The fourth-order valence-electron chi connectivity index (χ4n) is 2.69. The summed E-state index contributed by atoms with van der Waals surface area (Å²) in [6, 6.07) is 7.50. The molecule has 6 heteroatoms. The zero-order valence-corrected chi connectivity index (χ0v) is 15.2. The van der Waals surface area contributed by atoms with Gasteiger partial charge in [-0.25, -0.2) is 0 Å². The quantitative estimate of drug-likeness (QED) is 0.640. The lowest BCUT2D eigenvalue weighted by Crippen LogP contribution is -2.41. The van der Waals surface area contributed by atoms with Crippen molar-refractivity contribution in [3.8, 4) is 0 Å². The molecule has 0 aromatic heterocycles. The minimum absolute atomic E-state index is 0.0146. The van der Waals surface area contributed by atoms with Gasteiger partial charge in [0.25, 0.3) is 0 Å². The Hall–Kier alpha value is -1.37. The van der Waals surface area contributed by atoms with Crippen molar-refractivity contribution in [3.63, 3.8) is 0 Å². The minimum atomic E-state index is -0.528. The summed E-state index contributed by atoms with van der Waals surface area (Å²) in [5, 5.41) is 9.21. The van der Waals surface area contributed by atoms with Gasteiger partial charge in [-0.15, -0.1) is 0 Å². The second-order valence-electron chi connectivity index (χ2n) is 7.14. The van der Waals surface area contributed by atoms with Crippen LogP contribution in [0.4, 0.5) is 0 Å². The van der Waals surface area contributed by atoms with Crippen molar-refractivity contribution in [3.05, 3.63) is 35.4 Å². The van der Waals surface area contributed by atoms with Gasteiger partial charge < -0.3 is 19.2 Å². The van der Waals surface area contributed by atoms with E-state index < -0.39 is 18.3 Å². The van der Waals surface area contributed by atoms with Gasteiger partial charge in [0.1, 0.15) is 0 Å². The van der Waals surface area contributed by atoms with E-state index in [4.69, 9.17) is 14.0 Å². The van der Waals surface area contributed by atoms with E-state index in [0.29, 0.717) is 6.61 Å². The molecule has 0 aliphatic carbocycles. The van der Waals surface area contributed by atoms with E-state index in [1.54, 1.807) is 6.92 Å². The van der Waals surface area contributed by atoms with Crippen LogP contribution in [0.25, 0.3) is 0 Å². The molecule has 0 bridgehead atoms. The van der Waals surface area contributed by atoms with Crippen LogP contribution in [0.5, 0.6) is 0 Å². The molecule has 0 amide bonds. The Kier molecular flexibility index (Phi) is 5.73. The molecule has 1 aliphatic heterocycles. The van der Waals surface area contributed by atoms with Crippen LogP contribution >= 0.6 is 0 Å². The third kappa shape index (κ3) is 3.99. The van der Waals surface area contributed by atoms with E-state index in [0.717, 1.165) is 11.1 Å². The number of aliphatic hydroxyl groups excluding tert-OH is 1. The van der Waals surface area contributed by atoms with Crippen LogP contribution in [0.3, 0.4) is 0 Å². The Morgan fingerprint density at radius 1 is 1.17 bits per heavy atom. The van der Waals surface area contributed by atoms with Crippen molar-refractivity contribution in [1.29, 1.82) is 0 Å². The monoisotopic (exact) mass is 334 g/mol. The molecule has 132 valence electrons. The molecule has 1 fully saturated rings. The Labute approximate surface area is 144 Å². The summed E-state index contributed by atoms with van der Waals surface area (Å²) < 4.78 is 17.4. The maximum atomic E-state index is 12.1. The summed E-state index contributed by atoms with van der Waals surface area (Å²) in [6.07, 6.45) is 0.184. The molecular weight excluding hydrogens is 307 g/mol. The first kappa shape index (κ1) is 19.0. The Balaban J connectivity index is 2.27. The molecule has 0 radical (unpaired) electrons. The number of carbonyl (C=O) groups excluding carboxylic acids is 1. The van der Waals surface area contributed by atoms with Crippen molar-refractivity contribution in [2.24, 2.45) is 0 Å². The molecular formula is C18H27BO5. The lowest BCUT2D eigenvalue weighted by Gasteiger charge is -2.32. The Morgan fingerprint density at radius 3 is 2.17 bits per heavy atom. The molecule has 5 nitrogen and oxygen atoms in total. The number of hydrogen-bond donors (Lipinski definition) is 1. The number of aliphatic hydroxyl groups is 1. The number of rotatable bonds is 6. The van der Waals surface area contributed by atoms with Crippen LogP contribution < -0.4 is 0 Å². The third-order valence-electron chi connectivity index (χ3n) is 4.88. The van der Waals surface area contributed by atoms with Gasteiger partial charge in [0, 0.05) is 5.82 Å². The van der Waals surface area contributed by atoms with Crippen LogP contribution in [0.2, 0.25) is 0 Å². The first-order chi connectivity index (χ1) is 11.2. The van der Waals surface area contributed by atoms with Crippen LogP contribution in [-0.4, -0.2) is 36.0 Å². The van der Waals surface area contributed by atoms with E-state index in [1.807, 2.05) is 52.0 Å². The fraction of sp³-hybridized carbons (Fsp3) is 0.611. The van der Waals surface area contributed by atoms with Crippen molar-refractivity contribution in [1.82, 2.24) is 0 Å². The molecule has 0 saturated carbocycles. The van der Waals surface area contributed by atoms with E-state index >= 15 is 0 Å². The average molecular weight is 334 g/mol. The van der Waals surface area contributed by atoms with Gasteiger partial charge in [-0.2, -0.15) is 0 Å². The molecule has 1 N–H and O–H groups in total. The van der Waals surface area contributed by atoms with Gasteiger partial charge in [0.2, 0.25) is 0 Å². The molecule has 1 aliphatic rings. The summed E-state index contributed by atoms with van der Waals surface area (Å²) in [5.74, 6) is -0.540. The summed E-state index contributed by atoms with van der Waals surface area (Å²) in [6.45, 7) is 10.1. The first-order valence-electron chi connectivity index (χ1n) is 8.41. The molecule has 1 atom stereocenters. The van der Waals surface area contributed by atoms with Crippen LogP contribution in [0, 0.1) is 0 Å². The highest BCUT2D eigenvalue weighted by Gasteiger charge is 2.54. The third-order valence-corrected chi connectivity index (χ3v) is 4.88. The Morgan fingerprint density at radius 2 is 1.71 bits per heavy atom. The fourth-order valence-corrected chi connectivity index (χ4v) is 2.69. The number of benzene rings is 1. The van der Waals surface area contributed by atoms with Crippen molar-refractivity contribution < 1.29 is 23.9 Å². The zero-order valence-electron chi connectivity index (χ0n) is 15.2. The van der Waals surface area contributed by atoms with Gasteiger partial charge in [0.15, 0.2) is 0 Å². The number of hydrogen-bond acceptors (Lipinski definition) is 5. The summed E-state index contributed by atoms with van der Waals surface area (Å²) in [4.78, 5) is 12.1. The predicted octanol–water partition coefficient (Wildman–Crippen LogP) is 2.85. The maximum Gasteiger partial charge on any atom is 0.466 e. The number of ether oxygens (including phenoxy) is 1. The molecule has 1 saturated heterocycles. The molecule has 0 spiro atoms. The van der Waals surface area contributed by atoms with E-state index in [2.05, 4.69) is 0 Å². The number of carbonyl (C=O) groups is 1. The van der Waals surface area contributed by atoms with Crippen LogP contribution in [-0.2, 0) is 25.4 Å². The highest BCUT2D eigenvalue weighted by atomic mass is 16.7. The topological polar surface area (TPSA) is 65.0 Å². The largest absolute Gasteiger partial charge is 0.466 e. The van der Waals surface area contributed by atoms with Gasteiger partial charge in [-0.05, 0) is 45.7 Å². The van der Waals surface area contributed by atoms with Gasteiger partial charge in [-0.3, -0.25) is 4.79 Å². The van der Waals surface area contributed by atoms with Gasteiger partial charge in [0.05, 0.1) is 30.8 Å². The lowest BCUT2D eigenvalue weighted by molar-refractivity contribution is -0.143. The highest BCUT2D eigenvalue weighted by Crippen LogP contribution is 2.41. The van der Waals surface area contributed by atoms with E-state index in [-0.39, 0.29) is 24.8 Å². The maximum absolute atomic E-state index is 12.1. The minimum Gasteiger partial charge on any atom is -0.466 e. The molecule has 1 aromatic carbocycles. The van der Waals surface area contributed by atoms with Crippen LogP contribution in [0.15, 0.2) is 24.3 Å². The van der Waals surface area contributed by atoms with E-state index in [1.165, 1.54) is 0 Å². The van der Waals surface area contributed by atoms with Crippen molar-refractivity contribution in [2.75, 3.05) is 6.61 Å². The second kappa shape index (κ2) is 7.25. The molecule has 1 aromatic rings. The average Bonchev–Trinajstić information content (AvgIpc) is 2.73. The second-order valence-corrected chi connectivity index (χ2v) is 7.14. The molecule has 1 unspecified atom stereocenters. The van der Waals surface area contributed by atoms with Crippen molar-refractivity contribution in [2.45, 2.75) is 64.7 Å². The predicted molar refractivity (Wildman–Crippen MR) is 92.4 cm³/mol.